The Labute approximate surface area is 160 Å². The number of anilines is 2. The highest BCUT2D eigenvalue weighted by atomic mass is 35.5. The van der Waals surface area contributed by atoms with E-state index >= 15 is 0 Å². The van der Waals surface area contributed by atoms with Crippen LogP contribution in [0.5, 0.6) is 5.75 Å². The molecular weight excluding hydrogens is 368 g/mol. The molecule has 27 heavy (non-hydrogen) atoms. The molecule has 0 saturated heterocycles. The van der Waals surface area contributed by atoms with Crippen LogP contribution in [0.15, 0.2) is 59.7 Å². The lowest BCUT2D eigenvalue weighted by Gasteiger charge is -2.12. The molecule has 0 bridgehead atoms. The fourth-order valence-corrected chi connectivity index (χ4v) is 2.74. The lowest BCUT2D eigenvalue weighted by molar-refractivity contribution is 0.262. The van der Waals surface area contributed by atoms with Gasteiger partial charge in [0.15, 0.2) is 0 Å². The zero-order valence-corrected chi connectivity index (χ0v) is 15.4. The Balaban J connectivity index is 1.85. The number of amides is 2. The van der Waals surface area contributed by atoms with Gasteiger partial charge in [0.1, 0.15) is 5.75 Å². The molecule has 0 aliphatic heterocycles. The van der Waals surface area contributed by atoms with E-state index in [2.05, 4.69) is 15.6 Å². The van der Waals surface area contributed by atoms with Crippen LogP contribution in [0.25, 0.3) is 5.69 Å². The van der Waals surface area contributed by atoms with Gasteiger partial charge in [-0.3, -0.25) is 14.7 Å². The van der Waals surface area contributed by atoms with Crippen LogP contribution < -0.4 is 20.9 Å². The van der Waals surface area contributed by atoms with E-state index in [4.69, 9.17) is 16.3 Å². The molecule has 0 unspecified atom stereocenters. The van der Waals surface area contributed by atoms with Gasteiger partial charge in [-0.2, -0.15) is 0 Å². The highest BCUT2D eigenvalue weighted by Crippen LogP contribution is 2.19. The molecule has 0 aliphatic carbocycles. The number of hydrogen-bond donors (Lipinski definition) is 2. The molecule has 2 aromatic carbocycles. The fraction of sp³-hybridized carbons (Fsp3) is 0.105. The second-order valence-electron chi connectivity index (χ2n) is 5.69. The number of nitrogens with one attached hydrogen (secondary N) is 2. The molecule has 2 amide bonds. The fourth-order valence-electron chi connectivity index (χ4n) is 2.55. The normalized spacial score (nSPS) is 10.3. The number of nitrogens with zero attached hydrogens (tertiary/aromatic N) is 2. The number of aryl methyl sites for hydroxylation is 1. The summed E-state index contributed by atoms with van der Waals surface area (Å²) in [6.07, 6.45) is 2.98. The van der Waals surface area contributed by atoms with E-state index in [0.717, 1.165) is 5.56 Å². The molecular formula is C19H17ClN4O3. The Morgan fingerprint density at radius 3 is 2.70 bits per heavy atom. The molecule has 2 N–H and O–H groups in total. The molecule has 1 heterocycles. The number of methoxy groups -OCH3 is 1. The Hall–Kier alpha value is -3.32. The number of benzene rings is 2. The Morgan fingerprint density at radius 2 is 2.00 bits per heavy atom. The van der Waals surface area contributed by atoms with Crippen molar-refractivity contribution in [2.24, 2.45) is 0 Å². The summed E-state index contributed by atoms with van der Waals surface area (Å²) in [5.41, 5.74) is 1.56. The maximum atomic E-state index is 12.7. The van der Waals surface area contributed by atoms with Crippen LogP contribution in [0.4, 0.5) is 16.3 Å². The average Bonchev–Trinajstić information content (AvgIpc) is 2.63. The minimum atomic E-state index is -0.592. The van der Waals surface area contributed by atoms with Gasteiger partial charge in [-0.1, -0.05) is 17.7 Å². The Morgan fingerprint density at radius 1 is 1.19 bits per heavy atom. The average molecular weight is 385 g/mol. The van der Waals surface area contributed by atoms with Crippen molar-refractivity contribution in [2.45, 2.75) is 6.92 Å². The van der Waals surface area contributed by atoms with Crippen LogP contribution in [0.2, 0.25) is 5.02 Å². The third-order valence-electron chi connectivity index (χ3n) is 3.82. The van der Waals surface area contributed by atoms with Gasteiger partial charge in [0.05, 0.1) is 12.8 Å². The highest BCUT2D eigenvalue weighted by molar-refractivity contribution is 6.30. The zero-order chi connectivity index (χ0) is 19.4. The molecule has 8 heteroatoms. The summed E-state index contributed by atoms with van der Waals surface area (Å²) in [5.74, 6) is 0.602. The van der Waals surface area contributed by atoms with Gasteiger partial charge in [0.25, 0.3) is 5.56 Å². The van der Waals surface area contributed by atoms with Crippen molar-refractivity contribution in [3.8, 4) is 11.4 Å². The molecule has 0 aliphatic rings. The van der Waals surface area contributed by atoms with Crippen molar-refractivity contribution in [1.29, 1.82) is 0 Å². The van der Waals surface area contributed by atoms with Crippen LogP contribution in [-0.4, -0.2) is 22.7 Å². The number of rotatable bonds is 4. The minimum absolute atomic E-state index is 0.0905. The van der Waals surface area contributed by atoms with E-state index in [9.17, 15) is 9.59 Å². The quantitative estimate of drug-likeness (QED) is 0.715. The lowest BCUT2D eigenvalue weighted by atomic mass is 10.2. The van der Waals surface area contributed by atoms with Crippen LogP contribution in [0.1, 0.15) is 5.56 Å². The Kier molecular flexibility index (Phi) is 5.42. The van der Waals surface area contributed by atoms with E-state index in [0.29, 0.717) is 22.1 Å². The third-order valence-corrected chi connectivity index (χ3v) is 4.05. The summed E-state index contributed by atoms with van der Waals surface area (Å²) in [6, 6.07) is 11.4. The maximum Gasteiger partial charge on any atom is 0.325 e. The maximum absolute atomic E-state index is 12.7. The van der Waals surface area contributed by atoms with Crippen LogP contribution in [-0.2, 0) is 0 Å². The summed E-state index contributed by atoms with van der Waals surface area (Å²) in [4.78, 5) is 28.9. The van der Waals surface area contributed by atoms with Gasteiger partial charge >= 0.3 is 6.03 Å². The topological polar surface area (TPSA) is 85.2 Å². The number of hydrogen-bond acceptors (Lipinski definition) is 4. The number of ether oxygens (including phenoxy) is 1. The number of urea groups is 1. The van der Waals surface area contributed by atoms with Crippen molar-refractivity contribution in [2.75, 3.05) is 17.7 Å². The zero-order valence-electron chi connectivity index (χ0n) is 14.7. The number of carbonyl (C=O) groups excluding carboxylic acids is 1. The minimum Gasteiger partial charge on any atom is -0.497 e. The van der Waals surface area contributed by atoms with Crippen molar-refractivity contribution in [1.82, 2.24) is 9.55 Å². The summed E-state index contributed by atoms with van der Waals surface area (Å²) in [6.45, 7) is 1.86. The van der Waals surface area contributed by atoms with Crippen molar-refractivity contribution in [3.05, 3.63) is 75.8 Å². The largest absolute Gasteiger partial charge is 0.497 e. The van der Waals surface area contributed by atoms with E-state index in [1.807, 2.05) is 13.0 Å². The van der Waals surface area contributed by atoms with Gasteiger partial charge in [0, 0.05) is 23.1 Å². The summed E-state index contributed by atoms with van der Waals surface area (Å²) >= 11 is 5.89. The molecule has 1 aromatic heterocycles. The van der Waals surface area contributed by atoms with Crippen molar-refractivity contribution >= 4 is 29.1 Å². The van der Waals surface area contributed by atoms with E-state index in [-0.39, 0.29) is 5.82 Å². The predicted octanol–water partition coefficient (Wildman–Crippen LogP) is 3.85. The second-order valence-corrected chi connectivity index (χ2v) is 6.13. The van der Waals surface area contributed by atoms with Gasteiger partial charge in [0.2, 0.25) is 5.82 Å². The van der Waals surface area contributed by atoms with Gasteiger partial charge < -0.3 is 10.1 Å². The molecule has 7 nitrogen and oxygen atoms in total. The number of aromatic nitrogens is 2. The van der Waals surface area contributed by atoms with Gasteiger partial charge in [-0.15, -0.1) is 0 Å². The standard InChI is InChI=1S/C19H17ClN4O3/c1-12-10-15(27-2)6-7-16(12)24-9-8-21-17(18(24)25)23-19(26)22-14-5-3-4-13(20)11-14/h3-11H,1-2H3,(H2,21,22,23,26). The summed E-state index contributed by atoms with van der Waals surface area (Å²) in [7, 11) is 1.58. The summed E-state index contributed by atoms with van der Waals surface area (Å²) < 4.78 is 6.60. The SMILES string of the molecule is COc1ccc(-n2ccnc(NC(=O)Nc3cccc(Cl)c3)c2=O)c(C)c1. The van der Waals surface area contributed by atoms with Gasteiger partial charge in [-0.05, 0) is 48.9 Å². The highest BCUT2D eigenvalue weighted by Gasteiger charge is 2.12. The molecule has 0 spiro atoms. The lowest BCUT2D eigenvalue weighted by Crippen LogP contribution is -2.28. The van der Waals surface area contributed by atoms with E-state index in [1.165, 1.54) is 17.0 Å². The van der Waals surface area contributed by atoms with Crippen molar-refractivity contribution < 1.29 is 9.53 Å². The number of carbonyl (C=O) groups is 1. The van der Waals surface area contributed by atoms with Crippen LogP contribution in [0.3, 0.4) is 0 Å². The third kappa shape index (κ3) is 4.27. The second kappa shape index (κ2) is 7.92. The van der Waals surface area contributed by atoms with E-state index in [1.54, 1.807) is 43.5 Å². The smallest absolute Gasteiger partial charge is 0.325 e. The monoisotopic (exact) mass is 384 g/mol. The Bertz CT molecular complexity index is 1050. The molecule has 138 valence electrons. The van der Waals surface area contributed by atoms with Crippen LogP contribution in [0, 0.1) is 6.92 Å². The molecule has 0 radical (unpaired) electrons. The first-order valence-electron chi connectivity index (χ1n) is 8.04. The van der Waals surface area contributed by atoms with Crippen LogP contribution >= 0.6 is 11.6 Å². The first-order chi connectivity index (χ1) is 13.0. The molecule has 0 saturated carbocycles. The molecule has 3 aromatic rings. The molecule has 3 rings (SSSR count). The van der Waals surface area contributed by atoms with Crippen molar-refractivity contribution in [3.63, 3.8) is 0 Å². The molecule has 0 fully saturated rings. The first kappa shape index (κ1) is 18.5. The van der Waals surface area contributed by atoms with Gasteiger partial charge in [-0.25, -0.2) is 9.78 Å². The summed E-state index contributed by atoms with van der Waals surface area (Å²) in [5, 5.41) is 5.56. The number of halogens is 1. The van der Waals surface area contributed by atoms with E-state index < -0.39 is 11.6 Å². The predicted molar refractivity (Wildman–Crippen MR) is 105 cm³/mol. The first-order valence-corrected chi connectivity index (χ1v) is 8.42. The molecule has 0 atom stereocenters.